The predicted octanol–water partition coefficient (Wildman–Crippen LogP) is 2.51. The molecule has 5 nitrogen and oxygen atoms in total. The van der Waals surface area contributed by atoms with Gasteiger partial charge >= 0.3 is 0 Å². The summed E-state index contributed by atoms with van der Waals surface area (Å²) in [6.07, 6.45) is 3.35. The topological polar surface area (TPSA) is 51.4 Å². The quantitative estimate of drug-likeness (QED) is 0.779. The van der Waals surface area contributed by atoms with E-state index >= 15 is 0 Å². The first kappa shape index (κ1) is 12.9. The van der Waals surface area contributed by atoms with Gasteiger partial charge in [-0.2, -0.15) is 0 Å². The Kier molecular flexibility index (Phi) is 4.17. The average molecular weight is 268 g/mol. The largest absolute Gasteiger partial charge is 0.472 e. The SMILES string of the molecule is COCc1nc(Cl)cc(N(C)Cc2ccoc2)n1. The van der Waals surface area contributed by atoms with Crippen molar-refractivity contribution < 1.29 is 9.15 Å². The molecule has 0 fully saturated rings. The highest BCUT2D eigenvalue weighted by atomic mass is 35.5. The van der Waals surface area contributed by atoms with E-state index in [4.69, 9.17) is 20.8 Å². The summed E-state index contributed by atoms with van der Waals surface area (Å²) >= 11 is 5.96. The van der Waals surface area contributed by atoms with Gasteiger partial charge in [-0.25, -0.2) is 9.97 Å². The van der Waals surface area contributed by atoms with Crippen molar-refractivity contribution in [2.75, 3.05) is 19.1 Å². The van der Waals surface area contributed by atoms with Crippen LogP contribution in [0.4, 0.5) is 5.82 Å². The second-order valence-electron chi connectivity index (χ2n) is 3.89. The van der Waals surface area contributed by atoms with Gasteiger partial charge in [-0.3, -0.25) is 0 Å². The molecule has 2 heterocycles. The van der Waals surface area contributed by atoms with Gasteiger partial charge in [0.2, 0.25) is 0 Å². The Hall–Kier alpha value is -1.59. The molecule has 0 radical (unpaired) electrons. The summed E-state index contributed by atoms with van der Waals surface area (Å²) in [7, 11) is 3.53. The number of methoxy groups -OCH3 is 1. The van der Waals surface area contributed by atoms with Crippen LogP contribution in [0.15, 0.2) is 29.1 Å². The van der Waals surface area contributed by atoms with Crippen LogP contribution in [0, 0.1) is 0 Å². The Balaban J connectivity index is 2.16. The molecule has 0 spiro atoms. The summed E-state index contributed by atoms with van der Waals surface area (Å²) in [5.74, 6) is 1.32. The first-order chi connectivity index (χ1) is 8.69. The molecule has 0 atom stereocenters. The number of hydrogen-bond donors (Lipinski definition) is 0. The van der Waals surface area contributed by atoms with Crippen molar-refractivity contribution in [3.63, 3.8) is 0 Å². The lowest BCUT2D eigenvalue weighted by Crippen LogP contribution is -2.18. The Morgan fingerprint density at radius 1 is 1.44 bits per heavy atom. The van der Waals surface area contributed by atoms with Crippen LogP contribution in [-0.4, -0.2) is 24.1 Å². The van der Waals surface area contributed by atoms with Crippen molar-refractivity contribution in [3.8, 4) is 0 Å². The van der Waals surface area contributed by atoms with Gasteiger partial charge in [-0.1, -0.05) is 11.6 Å². The number of nitrogens with zero attached hydrogens (tertiary/aromatic N) is 3. The number of hydrogen-bond acceptors (Lipinski definition) is 5. The van der Waals surface area contributed by atoms with E-state index in [-0.39, 0.29) is 0 Å². The molecule has 18 heavy (non-hydrogen) atoms. The van der Waals surface area contributed by atoms with E-state index in [9.17, 15) is 0 Å². The number of anilines is 1. The fourth-order valence-electron chi connectivity index (χ4n) is 1.58. The number of aromatic nitrogens is 2. The average Bonchev–Trinajstić information content (AvgIpc) is 2.81. The van der Waals surface area contributed by atoms with Crippen LogP contribution in [0.2, 0.25) is 5.15 Å². The summed E-state index contributed by atoms with van der Waals surface area (Å²) in [4.78, 5) is 10.4. The van der Waals surface area contributed by atoms with E-state index in [0.717, 1.165) is 11.4 Å². The van der Waals surface area contributed by atoms with Gasteiger partial charge < -0.3 is 14.1 Å². The molecule has 0 aromatic carbocycles. The van der Waals surface area contributed by atoms with Crippen LogP contribution in [0.25, 0.3) is 0 Å². The molecule has 0 aliphatic carbocycles. The van der Waals surface area contributed by atoms with Crippen LogP contribution in [-0.2, 0) is 17.9 Å². The summed E-state index contributed by atoms with van der Waals surface area (Å²) in [5.41, 5.74) is 1.07. The monoisotopic (exact) mass is 267 g/mol. The van der Waals surface area contributed by atoms with Crippen molar-refractivity contribution in [1.82, 2.24) is 9.97 Å². The highest BCUT2D eigenvalue weighted by Crippen LogP contribution is 2.17. The zero-order chi connectivity index (χ0) is 13.0. The maximum Gasteiger partial charge on any atom is 0.158 e. The number of rotatable bonds is 5. The van der Waals surface area contributed by atoms with Gasteiger partial charge in [0.15, 0.2) is 5.82 Å². The smallest absolute Gasteiger partial charge is 0.158 e. The minimum absolute atomic E-state index is 0.340. The molecule has 0 amide bonds. The summed E-state index contributed by atoms with van der Waals surface area (Å²) in [5, 5.41) is 0.408. The van der Waals surface area contributed by atoms with Crippen molar-refractivity contribution in [3.05, 3.63) is 41.2 Å². The molecule has 0 saturated carbocycles. The third kappa shape index (κ3) is 3.21. The molecule has 0 unspecified atom stereocenters. The van der Waals surface area contributed by atoms with Crippen molar-refractivity contribution in [2.45, 2.75) is 13.2 Å². The maximum absolute atomic E-state index is 5.96. The highest BCUT2D eigenvalue weighted by molar-refractivity contribution is 6.29. The third-order valence-electron chi connectivity index (χ3n) is 2.39. The fraction of sp³-hybridized carbons (Fsp3) is 0.333. The molecule has 6 heteroatoms. The van der Waals surface area contributed by atoms with Crippen LogP contribution in [0.3, 0.4) is 0 Å². The second-order valence-corrected chi connectivity index (χ2v) is 4.27. The lowest BCUT2D eigenvalue weighted by molar-refractivity contribution is 0.178. The summed E-state index contributed by atoms with van der Waals surface area (Å²) < 4.78 is 10.0. The standard InChI is InChI=1S/C12H14ClN3O2/c1-16(6-9-3-4-18-7-9)12-5-10(13)14-11(15-12)8-17-2/h3-5,7H,6,8H2,1-2H3. The van der Waals surface area contributed by atoms with Crippen LogP contribution in [0.5, 0.6) is 0 Å². The fourth-order valence-corrected chi connectivity index (χ4v) is 1.77. The van der Waals surface area contributed by atoms with Crippen LogP contribution in [0.1, 0.15) is 11.4 Å². The Morgan fingerprint density at radius 2 is 2.28 bits per heavy atom. The maximum atomic E-state index is 5.96. The van der Waals surface area contributed by atoms with E-state index in [1.54, 1.807) is 25.7 Å². The van der Waals surface area contributed by atoms with Crippen LogP contribution < -0.4 is 4.90 Å². The number of furan rings is 1. The van der Waals surface area contributed by atoms with Gasteiger partial charge in [-0.15, -0.1) is 0 Å². The van der Waals surface area contributed by atoms with Gasteiger partial charge in [0.05, 0.1) is 12.5 Å². The molecule has 0 saturated heterocycles. The van der Waals surface area contributed by atoms with E-state index in [0.29, 0.717) is 24.1 Å². The normalized spacial score (nSPS) is 10.6. The molecular formula is C12H14ClN3O2. The molecular weight excluding hydrogens is 254 g/mol. The molecule has 0 bridgehead atoms. The van der Waals surface area contributed by atoms with Crippen molar-refractivity contribution >= 4 is 17.4 Å². The third-order valence-corrected chi connectivity index (χ3v) is 2.59. The van der Waals surface area contributed by atoms with Crippen molar-refractivity contribution in [2.24, 2.45) is 0 Å². The predicted molar refractivity (Wildman–Crippen MR) is 68.6 cm³/mol. The Morgan fingerprint density at radius 3 is 2.94 bits per heavy atom. The summed E-state index contributed by atoms with van der Waals surface area (Å²) in [6, 6.07) is 3.64. The lowest BCUT2D eigenvalue weighted by atomic mass is 10.3. The Labute approximate surface area is 110 Å². The van der Waals surface area contributed by atoms with E-state index in [1.807, 2.05) is 18.0 Å². The van der Waals surface area contributed by atoms with Gasteiger partial charge in [0.1, 0.15) is 17.6 Å². The number of halogens is 1. The lowest BCUT2D eigenvalue weighted by Gasteiger charge is -2.17. The second kappa shape index (κ2) is 5.84. The van der Waals surface area contributed by atoms with Gasteiger partial charge in [0.25, 0.3) is 0 Å². The minimum atomic E-state index is 0.340. The molecule has 2 aromatic heterocycles. The molecule has 0 aliphatic rings. The van der Waals surface area contributed by atoms with Gasteiger partial charge in [-0.05, 0) is 6.07 Å². The van der Waals surface area contributed by atoms with Crippen LogP contribution >= 0.6 is 11.6 Å². The zero-order valence-electron chi connectivity index (χ0n) is 10.3. The minimum Gasteiger partial charge on any atom is -0.472 e. The van der Waals surface area contributed by atoms with Gasteiger partial charge in [0, 0.05) is 32.3 Å². The van der Waals surface area contributed by atoms with E-state index < -0.39 is 0 Å². The molecule has 0 N–H and O–H groups in total. The summed E-state index contributed by atoms with van der Waals surface area (Å²) in [6.45, 7) is 1.03. The molecule has 2 rings (SSSR count). The zero-order valence-corrected chi connectivity index (χ0v) is 11.0. The molecule has 96 valence electrons. The first-order valence-electron chi connectivity index (χ1n) is 5.43. The highest BCUT2D eigenvalue weighted by Gasteiger charge is 2.08. The molecule has 2 aromatic rings. The Bertz CT molecular complexity index is 502. The first-order valence-corrected chi connectivity index (χ1v) is 5.81. The molecule has 0 aliphatic heterocycles. The van der Waals surface area contributed by atoms with Crippen molar-refractivity contribution in [1.29, 1.82) is 0 Å². The van der Waals surface area contributed by atoms with E-state index in [2.05, 4.69) is 9.97 Å². The number of ether oxygens (including phenoxy) is 1. The van der Waals surface area contributed by atoms with E-state index in [1.165, 1.54) is 0 Å².